The van der Waals surface area contributed by atoms with Crippen LogP contribution in [0.25, 0.3) is 0 Å². The van der Waals surface area contributed by atoms with Crippen LogP contribution < -0.4 is 15.4 Å². The minimum absolute atomic E-state index is 0.117. The van der Waals surface area contributed by atoms with Gasteiger partial charge in [0.15, 0.2) is 5.96 Å². The molecular weight excluding hydrogens is 312 g/mol. The number of rotatable bonds is 6. The van der Waals surface area contributed by atoms with Crippen LogP contribution in [0.2, 0.25) is 0 Å². The maximum atomic E-state index is 5.20. The van der Waals surface area contributed by atoms with E-state index in [0.717, 1.165) is 30.7 Å². The van der Waals surface area contributed by atoms with Crippen LogP contribution in [0.4, 0.5) is 0 Å². The number of likely N-dealkylation sites (tertiary alicyclic amines) is 1. The predicted octanol–water partition coefficient (Wildman–Crippen LogP) is 2.87. The lowest BCUT2D eigenvalue weighted by Crippen LogP contribution is -2.55. The maximum absolute atomic E-state index is 5.20. The summed E-state index contributed by atoms with van der Waals surface area (Å²) < 4.78 is 5.20. The second kappa shape index (κ2) is 9.09. The Balaban J connectivity index is 1.82. The Bertz CT molecular complexity index is 553. The van der Waals surface area contributed by atoms with E-state index in [1.807, 2.05) is 19.2 Å². The van der Waals surface area contributed by atoms with Crippen LogP contribution in [0.3, 0.4) is 0 Å². The molecule has 1 aromatic rings. The third-order valence-electron chi connectivity index (χ3n) is 5.04. The van der Waals surface area contributed by atoms with E-state index in [1.165, 1.54) is 31.5 Å². The molecule has 140 valence electrons. The van der Waals surface area contributed by atoms with Crippen LogP contribution in [-0.4, -0.2) is 50.2 Å². The van der Waals surface area contributed by atoms with Crippen molar-refractivity contribution in [1.82, 2.24) is 15.5 Å². The van der Waals surface area contributed by atoms with Crippen molar-refractivity contribution in [3.63, 3.8) is 0 Å². The van der Waals surface area contributed by atoms with Crippen molar-refractivity contribution in [2.75, 3.05) is 33.8 Å². The zero-order valence-electron chi connectivity index (χ0n) is 16.4. The van der Waals surface area contributed by atoms with E-state index >= 15 is 0 Å². The number of aliphatic imine (C=N–C) groups is 1. The van der Waals surface area contributed by atoms with Gasteiger partial charge in [-0.2, -0.15) is 0 Å². The van der Waals surface area contributed by atoms with Gasteiger partial charge >= 0.3 is 0 Å². The monoisotopic (exact) mass is 346 g/mol. The molecule has 0 saturated carbocycles. The summed E-state index contributed by atoms with van der Waals surface area (Å²) in [6.45, 7) is 11.0. The standard InChI is InChI=1S/C20H34N4O/c1-16-7-6-12-24(14-16)20(2,3)15-23-19(21-4)22-13-17-8-10-18(25-5)11-9-17/h8-11,16H,6-7,12-15H2,1-5H3,(H2,21,22,23). The van der Waals surface area contributed by atoms with E-state index in [1.54, 1.807) is 7.11 Å². The molecule has 0 spiro atoms. The van der Waals surface area contributed by atoms with Crippen LogP contribution in [0.1, 0.15) is 39.2 Å². The Kier molecular flexibility index (Phi) is 7.12. The van der Waals surface area contributed by atoms with E-state index in [9.17, 15) is 0 Å². The molecule has 1 fully saturated rings. The molecule has 1 aliphatic rings. The normalized spacial score (nSPS) is 19.6. The topological polar surface area (TPSA) is 48.9 Å². The van der Waals surface area contributed by atoms with Crippen LogP contribution in [0, 0.1) is 5.92 Å². The minimum Gasteiger partial charge on any atom is -0.497 e. The predicted molar refractivity (Wildman–Crippen MR) is 105 cm³/mol. The fourth-order valence-electron chi connectivity index (χ4n) is 3.30. The van der Waals surface area contributed by atoms with Gasteiger partial charge in [-0.3, -0.25) is 9.89 Å². The van der Waals surface area contributed by atoms with E-state index in [0.29, 0.717) is 0 Å². The quantitative estimate of drug-likeness (QED) is 0.614. The summed E-state index contributed by atoms with van der Waals surface area (Å²) in [5, 5.41) is 6.87. The van der Waals surface area contributed by atoms with Crippen molar-refractivity contribution in [2.24, 2.45) is 10.9 Å². The molecule has 0 radical (unpaired) electrons. The summed E-state index contributed by atoms with van der Waals surface area (Å²) in [6, 6.07) is 8.10. The van der Waals surface area contributed by atoms with Crippen molar-refractivity contribution in [1.29, 1.82) is 0 Å². The second-order valence-electron chi connectivity index (χ2n) is 7.63. The number of ether oxygens (including phenoxy) is 1. The summed E-state index contributed by atoms with van der Waals surface area (Å²) in [5.74, 6) is 2.51. The molecule has 5 nitrogen and oxygen atoms in total. The molecular formula is C20H34N4O. The van der Waals surface area contributed by atoms with Gasteiger partial charge in [0.05, 0.1) is 7.11 Å². The first-order valence-corrected chi connectivity index (χ1v) is 9.27. The average molecular weight is 347 g/mol. The zero-order chi connectivity index (χ0) is 18.3. The number of guanidine groups is 1. The molecule has 1 unspecified atom stereocenters. The minimum atomic E-state index is 0.117. The van der Waals surface area contributed by atoms with Crippen molar-refractivity contribution < 1.29 is 4.74 Å². The third kappa shape index (κ3) is 5.92. The van der Waals surface area contributed by atoms with Gasteiger partial charge in [0.25, 0.3) is 0 Å². The van der Waals surface area contributed by atoms with Crippen molar-refractivity contribution >= 4 is 5.96 Å². The highest BCUT2D eigenvalue weighted by Gasteiger charge is 2.30. The molecule has 2 N–H and O–H groups in total. The number of benzene rings is 1. The molecule has 1 aliphatic heterocycles. The molecule has 1 heterocycles. The second-order valence-corrected chi connectivity index (χ2v) is 7.63. The first-order valence-electron chi connectivity index (χ1n) is 9.27. The van der Waals surface area contributed by atoms with Crippen LogP contribution in [-0.2, 0) is 6.54 Å². The summed E-state index contributed by atoms with van der Waals surface area (Å²) in [4.78, 5) is 6.95. The first kappa shape index (κ1) is 19.6. The SMILES string of the molecule is CN=C(NCc1ccc(OC)cc1)NCC(C)(C)N1CCCC(C)C1. The number of piperidine rings is 1. The van der Waals surface area contributed by atoms with Crippen molar-refractivity contribution in [3.05, 3.63) is 29.8 Å². The number of hydrogen-bond donors (Lipinski definition) is 2. The lowest BCUT2D eigenvalue weighted by atomic mass is 9.93. The van der Waals surface area contributed by atoms with Crippen LogP contribution in [0.15, 0.2) is 29.3 Å². The van der Waals surface area contributed by atoms with Gasteiger partial charge in [-0.05, 0) is 56.8 Å². The van der Waals surface area contributed by atoms with Gasteiger partial charge in [0, 0.05) is 32.2 Å². The lowest BCUT2D eigenvalue weighted by Gasteiger charge is -2.43. The molecule has 1 atom stereocenters. The highest BCUT2D eigenvalue weighted by molar-refractivity contribution is 5.79. The Morgan fingerprint density at radius 2 is 2.00 bits per heavy atom. The Morgan fingerprint density at radius 1 is 1.28 bits per heavy atom. The highest BCUT2D eigenvalue weighted by Crippen LogP contribution is 2.23. The zero-order valence-corrected chi connectivity index (χ0v) is 16.4. The molecule has 0 aliphatic carbocycles. The van der Waals surface area contributed by atoms with Gasteiger partial charge in [-0.1, -0.05) is 19.1 Å². The highest BCUT2D eigenvalue weighted by atomic mass is 16.5. The molecule has 25 heavy (non-hydrogen) atoms. The molecule has 0 aromatic heterocycles. The van der Waals surface area contributed by atoms with Gasteiger partial charge in [0.2, 0.25) is 0 Å². The smallest absolute Gasteiger partial charge is 0.191 e. The summed E-state index contributed by atoms with van der Waals surface area (Å²) in [5.41, 5.74) is 1.32. The third-order valence-corrected chi connectivity index (χ3v) is 5.04. The fourth-order valence-corrected chi connectivity index (χ4v) is 3.30. The lowest BCUT2D eigenvalue weighted by molar-refractivity contribution is 0.0739. The van der Waals surface area contributed by atoms with E-state index in [2.05, 4.69) is 53.4 Å². The van der Waals surface area contributed by atoms with E-state index in [4.69, 9.17) is 4.74 Å². The molecule has 1 aromatic carbocycles. The van der Waals surface area contributed by atoms with Crippen molar-refractivity contribution in [3.8, 4) is 5.75 Å². The largest absolute Gasteiger partial charge is 0.497 e. The Hall–Kier alpha value is -1.75. The number of nitrogens with one attached hydrogen (secondary N) is 2. The number of nitrogens with zero attached hydrogens (tertiary/aromatic N) is 2. The van der Waals surface area contributed by atoms with Gasteiger partial charge in [-0.25, -0.2) is 0 Å². The van der Waals surface area contributed by atoms with E-state index < -0.39 is 0 Å². The fraction of sp³-hybridized carbons (Fsp3) is 0.650. The molecule has 0 bridgehead atoms. The van der Waals surface area contributed by atoms with E-state index in [-0.39, 0.29) is 5.54 Å². The molecule has 5 heteroatoms. The van der Waals surface area contributed by atoms with Gasteiger partial charge in [-0.15, -0.1) is 0 Å². The van der Waals surface area contributed by atoms with Gasteiger partial charge in [0.1, 0.15) is 5.75 Å². The summed E-state index contributed by atoms with van der Waals surface area (Å²) >= 11 is 0. The molecule has 2 rings (SSSR count). The number of methoxy groups -OCH3 is 1. The molecule has 0 amide bonds. The first-order chi connectivity index (χ1) is 11.9. The maximum Gasteiger partial charge on any atom is 0.191 e. The summed E-state index contributed by atoms with van der Waals surface area (Å²) in [7, 11) is 3.50. The van der Waals surface area contributed by atoms with Crippen LogP contribution in [0.5, 0.6) is 5.75 Å². The van der Waals surface area contributed by atoms with Crippen molar-refractivity contribution in [2.45, 2.75) is 45.7 Å². The average Bonchev–Trinajstić information content (AvgIpc) is 2.62. The summed E-state index contributed by atoms with van der Waals surface area (Å²) in [6.07, 6.45) is 2.65. The number of hydrogen-bond acceptors (Lipinski definition) is 3. The van der Waals surface area contributed by atoms with Gasteiger partial charge < -0.3 is 15.4 Å². The van der Waals surface area contributed by atoms with Crippen LogP contribution >= 0.6 is 0 Å². The Morgan fingerprint density at radius 3 is 2.60 bits per heavy atom. The Labute approximate surface area is 152 Å². The molecule has 1 saturated heterocycles.